The molecule has 0 aliphatic carbocycles. The lowest BCUT2D eigenvalue weighted by atomic mass is 10.3. The quantitative estimate of drug-likeness (QED) is 0.505. The van der Waals surface area contributed by atoms with Crippen molar-refractivity contribution in [2.75, 3.05) is 11.9 Å². The zero-order valence-electron chi connectivity index (χ0n) is 15.8. The number of thiophene rings is 1. The van der Waals surface area contributed by atoms with E-state index < -0.39 is 0 Å². The van der Waals surface area contributed by atoms with E-state index >= 15 is 0 Å². The third-order valence-electron chi connectivity index (χ3n) is 4.10. The number of hydrogen-bond acceptors (Lipinski definition) is 7. The molecule has 0 aliphatic heterocycles. The predicted octanol–water partition coefficient (Wildman–Crippen LogP) is 3.93. The van der Waals surface area contributed by atoms with Gasteiger partial charge < -0.3 is 10.1 Å². The molecule has 4 rings (SSSR count). The Morgan fingerprint density at radius 2 is 2.03 bits per heavy atom. The zero-order chi connectivity index (χ0) is 20.4. The molecule has 0 aliphatic rings. The Morgan fingerprint density at radius 1 is 1.24 bits per heavy atom. The maximum absolute atomic E-state index is 12.8. The Kier molecular flexibility index (Phi) is 5.41. The number of benzene rings is 1. The Balaban J connectivity index is 1.63. The van der Waals surface area contributed by atoms with E-state index in [4.69, 9.17) is 4.74 Å². The summed E-state index contributed by atoms with van der Waals surface area (Å²) in [7, 11) is 0. The minimum absolute atomic E-state index is 0.197. The molecule has 0 fully saturated rings. The fraction of sp³-hybridized carbons (Fsp3) is 0.200. The monoisotopic (exact) mass is 426 g/mol. The van der Waals surface area contributed by atoms with Crippen molar-refractivity contribution in [1.29, 1.82) is 0 Å². The highest BCUT2D eigenvalue weighted by atomic mass is 32.1. The summed E-state index contributed by atoms with van der Waals surface area (Å²) in [5, 5.41) is 10.0. The summed E-state index contributed by atoms with van der Waals surface area (Å²) in [6.07, 6.45) is 0. The summed E-state index contributed by atoms with van der Waals surface area (Å²) in [6, 6.07) is 10.9. The summed E-state index contributed by atoms with van der Waals surface area (Å²) in [5.74, 6) is 0.389. The van der Waals surface area contributed by atoms with Gasteiger partial charge in [0.15, 0.2) is 5.52 Å². The highest BCUT2D eigenvalue weighted by molar-refractivity contribution is 7.20. The molecule has 7 nitrogen and oxygen atoms in total. The van der Waals surface area contributed by atoms with Crippen molar-refractivity contribution in [3.8, 4) is 16.3 Å². The normalized spacial score (nSPS) is 11.0. The van der Waals surface area contributed by atoms with Gasteiger partial charge in [0.05, 0.1) is 21.2 Å². The van der Waals surface area contributed by atoms with E-state index in [0.717, 1.165) is 20.3 Å². The van der Waals surface area contributed by atoms with Crippen LogP contribution in [0.25, 0.3) is 20.8 Å². The predicted molar refractivity (Wildman–Crippen MR) is 116 cm³/mol. The molecular weight excluding hydrogens is 408 g/mol. The molecule has 0 unspecified atom stereocenters. The maximum atomic E-state index is 12.8. The van der Waals surface area contributed by atoms with Crippen molar-refractivity contribution in [2.24, 2.45) is 0 Å². The standard InChI is InChI=1S/C20H18N4O3S2/c1-3-27-14-8-6-13(7-9-14)22-16(25)11-24-20(26)18-19(29-12(2)21-18)17(23-24)15-5-4-10-28-15/h4-10H,3,11H2,1-2H3,(H,22,25). The van der Waals surface area contributed by atoms with Crippen LogP contribution in [0.3, 0.4) is 0 Å². The van der Waals surface area contributed by atoms with Gasteiger partial charge in [0.25, 0.3) is 5.56 Å². The Labute approximate surface area is 174 Å². The number of aromatic nitrogens is 3. The number of ether oxygens (including phenoxy) is 1. The van der Waals surface area contributed by atoms with Gasteiger partial charge in [-0.05, 0) is 49.6 Å². The molecule has 1 amide bonds. The van der Waals surface area contributed by atoms with E-state index in [0.29, 0.717) is 23.5 Å². The van der Waals surface area contributed by atoms with Crippen LogP contribution >= 0.6 is 22.7 Å². The lowest BCUT2D eigenvalue weighted by Crippen LogP contribution is -2.30. The van der Waals surface area contributed by atoms with Crippen molar-refractivity contribution in [1.82, 2.24) is 14.8 Å². The molecule has 0 saturated heterocycles. The van der Waals surface area contributed by atoms with Gasteiger partial charge in [-0.3, -0.25) is 9.59 Å². The van der Waals surface area contributed by atoms with Crippen molar-refractivity contribution >= 4 is 44.5 Å². The van der Waals surface area contributed by atoms with Gasteiger partial charge in [-0.15, -0.1) is 22.7 Å². The van der Waals surface area contributed by atoms with Crippen LogP contribution in [0, 0.1) is 6.92 Å². The van der Waals surface area contributed by atoms with E-state index in [1.165, 1.54) is 27.4 Å². The number of hydrogen-bond donors (Lipinski definition) is 1. The van der Waals surface area contributed by atoms with Gasteiger partial charge in [0.1, 0.15) is 18.0 Å². The fourth-order valence-corrected chi connectivity index (χ4v) is 4.58. The molecule has 9 heteroatoms. The lowest BCUT2D eigenvalue weighted by molar-refractivity contribution is -0.117. The molecular formula is C20H18N4O3S2. The zero-order valence-corrected chi connectivity index (χ0v) is 17.5. The van der Waals surface area contributed by atoms with Gasteiger partial charge in [-0.2, -0.15) is 5.10 Å². The Hall–Kier alpha value is -3.04. The van der Waals surface area contributed by atoms with E-state index in [1.807, 2.05) is 31.4 Å². The Bertz CT molecular complexity index is 1210. The first kappa shape index (κ1) is 19.3. The first-order valence-electron chi connectivity index (χ1n) is 9.00. The third kappa shape index (κ3) is 4.06. The van der Waals surface area contributed by atoms with Crippen LogP contribution in [-0.2, 0) is 11.3 Å². The van der Waals surface area contributed by atoms with Crippen molar-refractivity contribution in [3.05, 3.63) is 57.1 Å². The van der Waals surface area contributed by atoms with Crippen molar-refractivity contribution < 1.29 is 9.53 Å². The highest BCUT2D eigenvalue weighted by Crippen LogP contribution is 2.31. The summed E-state index contributed by atoms with van der Waals surface area (Å²) < 4.78 is 7.32. The number of carbonyl (C=O) groups excluding carboxylic acids is 1. The first-order valence-corrected chi connectivity index (χ1v) is 10.7. The van der Waals surface area contributed by atoms with Crippen LogP contribution in [0.4, 0.5) is 5.69 Å². The van der Waals surface area contributed by atoms with Crippen LogP contribution in [0.5, 0.6) is 5.75 Å². The molecule has 3 aromatic heterocycles. The molecule has 0 bridgehead atoms. The number of carbonyl (C=O) groups is 1. The molecule has 0 atom stereocenters. The van der Waals surface area contributed by atoms with E-state index in [1.54, 1.807) is 24.3 Å². The van der Waals surface area contributed by atoms with E-state index in [-0.39, 0.29) is 18.0 Å². The SMILES string of the molecule is CCOc1ccc(NC(=O)Cn2nc(-c3cccs3)c3sc(C)nc3c2=O)cc1. The van der Waals surface area contributed by atoms with Crippen molar-refractivity contribution in [2.45, 2.75) is 20.4 Å². The first-order chi connectivity index (χ1) is 14.0. The smallest absolute Gasteiger partial charge is 0.294 e. The largest absolute Gasteiger partial charge is 0.494 e. The summed E-state index contributed by atoms with van der Waals surface area (Å²) in [4.78, 5) is 30.6. The average molecular weight is 427 g/mol. The molecule has 1 N–H and O–H groups in total. The minimum atomic E-state index is -0.369. The molecule has 0 radical (unpaired) electrons. The number of nitrogens with zero attached hydrogens (tertiary/aromatic N) is 3. The van der Waals surface area contributed by atoms with Gasteiger partial charge in [-0.25, -0.2) is 9.67 Å². The molecule has 3 heterocycles. The topological polar surface area (TPSA) is 86.1 Å². The van der Waals surface area contributed by atoms with Crippen LogP contribution < -0.4 is 15.6 Å². The minimum Gasteiger partial charge on any atom is -0.494 e. The maximum Gasteiger partial charge on any atom is 0.294 e. The van der Waals surface area contributed by atoms with Gasteiger partial charge in [0.2, 0.25) is 5.91 Å². The van der Waals surface area contributed by atoms with Gasteiger partial charge in [-0.1, -0.05) is 6.07 Å². The van der Waals surface area contributed by atoms with Crippen LogP contribution in [0.1, 0.15) is 11.9 Å². The number of amides is 1. The number of thiazole rings is 1. The van der Waals surface area contributed by atoms with Crippen LogP contribution in [0.15, 0.2) is 46.6 Å². The molecule has 1 aromatic carbocycles. The second-order valence-corrected chi connectivity index (χ2v) is 8.36. The summed E-state index contributed by atoms with van der Waals surface area (Å²) in [6.45, 7) is 4.14. The Morgan fingerprint density at radius 3 is 2.72 bits per heavy atom. The van der Waals surface area contributed by atoms with Crippen LogP contribution in [0.2, 0.25) is 0 Å². The molecule has 0 spiro atoms. The number of fused-ring (bicyclic) bond motifs is 1. The molecule has 148 valence electrons. The molecule has 29 heavy (non-hydrogen) atoms. The summed E-state index contributed by atoms with van der Waals surface area (Å²) >= 11 is 2.96. The number of nitrogens with one attached hydrogen (secondary N) is 1. The second kappa shape index (κ2) is 8.14. The molecule has 0 saturated carbocycles. The average Bonchev–Trinajstić information content (AvgIpc) is 3.36. The van der Waals surface area contributed by atoms with Crippen molar-refractivity contribution in [3.63, 3.8) is 0 Å². The highest BCUT2D eigenvalue weighted by Gasteiger charge is 2.18. The van der Waals surface area contributed by atoms with E-state index in [2.05, 4.69) is 15.4 Å². The summed E-state index contributed by atoms with van der Waals surface area (Å²) in [5.41, 5.74) is 1.27. The van der Waals surface area contributed by atoms with E-state index in [9.17, 15) is 9.59 Å². The second-order valence-electron chi connectivity index (χ2n) is 6.20. The number of rotatable bonds is 6. The lowest BCUT2D eigenvalue weighted by Gasteiger charge is -2.09. The third-order valence-corrected chi connectivity index (χ3v) is 5.96. The van der Waals surface area contributed by atoms with Gasteiger partial charge >= 0.3 is 0 Å². The number of anilines is 1. The molecule has 4 aromatic rings. The van der Waals surface area contributed by atoms with Crippen LogP contribution in [-0.4, -0.2) is 27.3 Å². The number of aryl methyl sites for hydroxylation is 1. The van der Waals surface area contributed by atoms with Gasteiger partial charge in [0, 0.05) is 5.69 Å². The fourth-order valence-electron chi connectivity index (χ4n) is 2.89.